The number of alkyl halides is 3. The molecule has 11 heteroatoms. The Morgan fingerprint density at radius 2 is 2.00 bits per heavy atom. The number of fused-ring (bicyclic) bond motifs is 1. The Morgan fingerprint density at radius 3 is 2.82 bits per heavy atom. The third kappa shape index (κ3) is 4.03. The standard InChI is InChI=1S/C17H14F3N7O/c18-17(19,20)28-13-3-1-2-10(5-13)8-27-9-11(7-22-27)4-12-6-14(21)23-16-15(12)24-26-25-16/h1-3,5-7,9H,4,8H2,(H3,21,23,24,25,26). The molecule has 1 aromatic carbocycles. The summed E-state index contributed by atoms with van der Waals surface area (Å²) in [5.74, 6) is 0.0725. The van der Waals surface area contributed by atoms with E-state index in [0.29, 0.717) is 35.5 Å². The Kier molecular flexibility index (Phi) is 4.34. The predicted octanol–water partition coefficient (Wildman–Crippen LogP) is 2.67. The van der Waals surface area contributed by atoms with E-state index < -0.39 is 6.36 Å². The maximum absolute atomic E-state index is 12.4. The molecule has 0 aliphatic rings. The third-order valence-corrected chi connectivity index (χ3v) is 3.95. The highest BCUT2D eigenvalue weighted by atomic mass is 19.4. The number of aromatic amines is 1. The zero-order valence-electron chi connectivity index (χ0n) is 14.3. The lowest BCUT2D eigenvalue weighted by Crippen LogP contribution is -2.17. The maximum Gasteiger partial charge on any atom is 0.573 e. The fraction of sp³-hybridized carbons (Fsp3) is 0.176. The molecule has 3 aromatic heterocycles. The van der Waals surface area contributed by atoms with Gasteiger partial charge in [0.05, 0.1) is 12.7 Å². The van der Waals surface area contributed by atoms with E-state index in [1.807, 2.05) is 0 Å². The molecule has 0 radical (unpaired) electrons. The van der Waals surface area contributed by atoms with E-state index in [4.69, 9.17) is 5.73 Å². The molecule has 0 spiro atoms. The lowest BCUT2D eigenvalue weighted by molar-refractivity contribution is -0.274. The van der Waals surface area contributed by atoms with Crippen molar-refractivity contribution >= 4 is 17.0 Å². The van der Waals surface area contributed by atoms with Gasteiger partial charge < -0.3 is 10.5 Å². The molecule has 0 saturated heterocycles. The van der Waals surface area contributed by atoms with E-state index in [9.17, 15) is 13.2 Å². The van der Waals surface area contributed by atoms with Gasteiger partial charge in [-0.2, -0.15) is 15.4 Å². The van der Waals surface area contributed by atoms with Crippen molar-refractivity contribution in [2.75, 3.05) is 5.73 Å². The first-order valence-electron chi connectivity index (χ1n) is 8.17. The van der Waals surface area contributed by atoms with Crippen LogP contribution in [0.25, 0.3) is 11.2 Å². The van der Waals surface area contributed by atoms with Gasteiger partial charge in [0.15, 0.2) is 0 Å². The van der Waals surface area contributed by atoms with Crippen LogP contribution in [0.2, 0.25) is 0 Å². The van der Waals surface area contributed by atoms with E-state index in [2.05, 4.69) is 30.2 Å². The Bertz CT molecular complexity index is 1120. The fourth-order valence-electron chi connectivity index (χ4n) is 2.89. The van der Waals surface area contributed by atoms with Crippen molar-refractivity contribution in [3.63, 3.8) is 0 Å². The molecule has 4 aromatic rings. The Hall–Kier alpha value is -3.63. The number of hydrogen-bond donors (Lipinski definition) is 2. The highest BCUT2D eigenvalue weighted by molar-refractivity contribution is 5.76. The highest BCUT2D eigenvalue weighted by Crippen LogP contribution is 2.24. The molecule has 0 amide bonds. The number of pyridine rings is 1. The van der Waals surface area contributed by atoms with Crippen molar-refractivity contribution in [2.24, 2.45) is 0 Å². The summed E-state index contributed by atoms with van der Waals surface area (Å²) in [5.41, 5.74) is 9.21. The topological polar surface area (TPSA) is 108 Å². The van der Waals surface area contributed by atoms with E-state index >= 15 is 0 Å². The number of nitrogens with zero attached hydrogens (tertiary/aromatic N) is 5. The smallest absolute Gasteiger partial charge is 0.406 e. The monoisotopic (exact) mass is 389 g/mol. The summed E-state index contributed by atoms with van der Waals surface area (Å²) < 4.78 is 42.7. The van der Waals surface area contributed by atoms with Crippen LogP contribution in [0.4, 0.5) is 19.0 Å². The van der Waals surface area contributed by atoms with Crippen LogP contribution >= 0.6 is 0 Å². The van der Waals surface area contributed by atoms with Crippen molar-refractivity contribution < 1.29 is 17.9 Å². The first kappa shape index (κ1) is 17.8. The van der Waals surface area contributed by atoms with Crippen LogP contribution < -0.4 is 10.5 Å². The Balaban J connectivity index is 1.50. The molecule has 0 aliphatic carbocycles. The first-order chi connectivity index (χ1) is 13.4. The number of nitrogen functional groups attached to an aromatic ring is 1. The maximum atomic E-state index is 12.4. The van der Waals surface area contributed by atoms with Crippen molar-refractivity contribution in [2.45, 2.75) is 19.3 Å². The largest absolute Gasteiger partial charge is 0.573 e. The molecule has 144 valence electrons. The van der Waals surface area contributed by atoms with Gasteiger partial charge in [-0.25, -0.2) is 4.98 Å². The normalized spacial score (nSPS) is 11.8. The van der Waals surface area contributed by atoms with E-state index in [-0.39, 0.29) is 5.75 Å². The molecule has 0 atom stereocenters. The van der Waals surface area contributed by atoms with Gasteiger partial charge in [-0.3, -0.25) is 4.68 Å². The summed E-state index contributed by atoms with van der Waals surface area (Å²) in [6, 6.07) is 7.51. The van der Waals surface area contributed by atoms with Crippen LogP contribution in [0.3, 0.4) is 0 Å². The van der Waals surface area contributed by atoms with Gasteiger partial charge in [0.1, 0.15) is 17.1 Å². The molecule has 0 unspecified atom stereocenters. The first-order valence-corrected chi connectivity index (χ1v) is 8.17. The highest BCUT2D eigenvalue weighted by Gasteiger charge is 2.31. The summed E-state index contributed by atoms with van der Waals surface area (Å²) in [6.07, 6.45) is -0.734. The van der Waals surface area contributed by atoms with E-state index in [1.165, 1.54) is 18.2 Å². The third-order valence-electron chi connectivity index (χ3n) is 3.95. The second-order valence-corrected chi connectivity index (χ2v) is 6.12. The van der Waals surface area contributed by atoms with Gasteiger partial charge in [0.25, 0.3) is 0 Å². The lowest BCUT2D eigenvalue weighted by Gasteiger charge is -2.10. The van der Waals surface area contributed by atoms with Gasteiger partial charge >= 0.3 is 6.36 Å². The zero-order chi connectivity index (χ0) is 19.7. The minimum absolute atomic E-state index is 0.266. The molecule has 3 N–H and O–H groups in total. The lowest BCUT2D eigenvalue weighted by atomic mass is 10.1. The molecule has 4 rings (SSSR count). The number of hydrogen-bond acceptors (Lipinski definition) is 6. The Labute approximate surface area is 156 Å². The molecule has 0 saturated carbocycles. The van der Waals surface area contributed by atoms with Crippen LogP contribution in [0.1, 0.15) is 16.7 Å². The average Bonchev–Trinajstić information content (AvgIpc) is 3.23. The second kappa shape index (κ2) is 6.83. The molecule has 3 heterocycles. The van der Waals surface area contributed by atoms with Gasteiger partial charge in [0.2, 0.25) is 5.65 Å². The van der Waals surface area contributed by atoms with Crippen LogP contribution in [-0.2, 0) is 13.0 Å². The van der Waals surface area contributed by atoms with Gasteiger partial charge in [-0.05, 0) is 34.9 Å². The number of anilines is 1. The zero-order valence-corrected chi connectivity index (χ0v) is 14.3. The number of nitrogens with one attached hydrogen (secondary N) is 1. The van der Waals surface area contributed by atoms with Crippen molar-refractivity contribution in [3.8, 4) is 5.75 Å². The van der Waals surface area contributed by atoms with Crippen LogP contribution in [0.5, 0.6) is 5.75 Å². The minimum Gasteiger partial charge on any atom is -0.406 e. The molecule has 0 fully saturated rings. The number of ether oxygens (including phenoxy) is 1. The van der Waals surface area contributed by atoms with E-state index in [0.717, 1.165) is 11.1 Å². The fourth-order valence-corrected chi connectivity index (χ4v) is 2.89. The minimum atomic E-state index is -4.73. The molecule has 0 bridgehead atoms. The summed E-state index contributed by atoms with van der Waals surface area (Å²) in [7, 11) is 0. The molecular weight excluding hydrogens is 375 g/mol. The van der Waals surface area contributed by atoms with Gasteiger partial charge in [-0.1, -0.05) is 12.1 Å². The van der Waals surface area contributed by atoms with Crippen molar-refractivity contribution in [1.82, 2.24) is 30.2 Å². The Morgan fingerprint density at radius 1 is 1.14 bits per heavy atom. The number of halogens is 3. The van der Waals surface area contributed by atoms with Gasteiger partial charge in [-0.15, -0.1) is 18.3 Å². The molecule has 8 nitrogen and oxygen atoms in total. The van der Waals surface area contributed by atoms with Gasteiger partial charge in [0, 0.05) is 12.6 Å². The SMILES string of the molecule is Nc1cc(Cc2cnn(Cc3cccc(OC(F)(F)F)c3)c2)c2n[nH]nc2n1. The number of nitrogens with two attached hydrogens (primary N) is 1. The number of benzene rings is 1. The molecule has 0 aliphatic heterocycles. The summed E-state index contributed by atoms with van der Waals surface area (Å²) >= 11 is 0. The van der Waals surface area contributed by atoms with Crippen LogP contribution in [0, 0.1) is 0 Å². The second-order valence-electron chi connectivity index (χ2n) is 6.12. The molecular formula is C17H14F3N7O. The molecule has 28 heavy (non-hydrogen) atoms. The summed E-state index contributed by atoms with van der Waals surface area (Å²) in [4.78, 5) is 4.09. The number of H-pyrrole nitrogens is 1. The summed E-state index contributed by atoms with van der Waals surface area (Å²) in [5, 5.41) is 14.8. The summed E-state index contributed by atoms with van der Waals surface area (Å²) in [6.45, 7) is 0.299. The van der Waals surface area contributed by atoms with Crippen LogP contribution in [0.15, 0.2) is 42.7 Å². The predicted molar refractivity (Wildman–Crippen MR) is 93.4 cm³/mol. The number of aromatic nitrogens is 6. The average molecular weight is 389 g/mol. The van der Waals surface area contributed by atoms with Crippen LogP contribution in [-0.4, -0.2) is 36.5 Å². The van der Waals surface area contributed by atoms with Crippen molar-refractivity contribution in [3.05, 3.63) is 59.4 Å². The number of rotatable bonds is 5. The van der Waals surface area contributed by atoms with E-state index in [1.54, 1.807) is 29.2 Å². The van der Waals surface area contributed by atoms with Crippen molar-refractivity contribution in [1.29, 1.82) is 0 Å². The quantitative estimate of drug-likeness (QED) is 0.543.